The van der Waals surface area contributed by atoms with Gasteiger partial charge in [-0.15, -0.1) is 0 Å². The van der Waals surface area contributed by atoms with E-state index in [2.05, 4.69) is 82.0 Å². The predicted octanol–water partition coefficient (Wildman–Crippen LogP) is 11.7. The van der Waals surface area contributed by atoms with E-state index in [0.29, 0.717) is 133 Å². The molecule has 0 saturated carbocycles. The molecule has 7 amide bonds. The van der Waals surface area contributed by atoms with Crippen LogP contribution in [0.25, 0.3) is 22.8 Å². The number of nitrogens with zero attached hydrogens (tertiary/aromatic N) is 14. The summed E-state index contributed by atoms with van der Waals surface area (Å²) in [5.41, 5.74) is 9.20. The molecule has 3 fully saturated rings. The number of morpholine rings is 3. The van der Waals surface area contributed by atoms with Gasteiger partial charge >= 0.3 is 30.3 Å². The van der Waals surface area contributed by atoms with E-state index < -0.39 is 16.8 Å². The van der Waals surface area contributed by atoms with E-state index >= 15 is 0 Å². The Balaban J connectivity index is 0.000000159. The molecular weight excluding hydrogens is 1460 g/mol. The van der Waals surface area contributed by atoms with Crippen LogP contribution in [0.2, 0.25) is 15.7 Å². The van der Waals surface area contributed by atoms with E-state index in [1.165, 1.54) is 5.56 Å². The van der Waals surface area contributed by atoms with Crippen molar-refractivity contribution in [3.05, 3.63) is 109 Å². The summed E-state index contributed by atoms with van der Waals surface area (Å²) >= 11 is 18.0. The smallest absolute Gasteiger partial charge is 0.410 e. The van der Waals surface area contributed by atoms with Crippen LogP contribution in [0.3, 0.4) is 0 Å². The Hall–Kier alpha value is -8.78. The van der Waals surface area contributed by atoms with Gasteiger partial charge in [-0.3, -0.25) is 0 Å². The van der Waals surface area contributed by atoms with Crippen molar-refractivity contribution in [2.75, 3.05) is 124 Å². The van der Waals surface area contributed by atoms with Crippen LogP contribution in [0.1, 0.15) is 142 Å². The van der Waals surface area contributed by atoms with Crippen molar-refractivity contribution < 1.29 is 52.4 Å². The van der Waals surface area contributed by atoms with Gasteiger partial charge in [0.05, 0.1) is 100 Å². The highest BCUT2D eigenvalue weighted by atomic mass is 35.5. The minimum atomic E-state index is -0.563. The SMILES string of the molecule is CC(C)(C)OC(=O)N1CCc2c(Cl)nc(Cl)nc2C1.CCNC(=O)Nc1ccc(-c2nc3c(c(N4CCOC[C@@H]4C)n2)CCN(C(=O)OC(C)(C)C)C3)cc1.CCNC(=O)Nc1ccc(-c2nc3c(c(N4CCOC[C@@H]4C)n2)CCNC3)cc1.C[C@H]1COCCN1c1nc(Cl)nc2c1CCN(C(=O)OC(C)(C)C)C2. The first-order valence-electron chi connectivity index (χ1n) is 37.3. The lowest BCUT2D eigenvalue weighted by Gasteiger charge is -2.38. The van der Waals surface area contributed by atoms with E-state index in [4.69, 9.17) is 83.2 Å². The van der Waals surface area contributed by atoms with Crippen LogP contribution >= 0.6 is 34.8 Å². The molecule has 5 N–H and O–H groups in total. The lowest BCUT2D eigenvalue weighted by Crippen LogP contribution is -2.46. The Kier molecular flexibility index (Phi) is 27.9. The summed E-state index contributed by atoms with van der Waals surface area (Å²) < 4.78 is 33.2. The minimum absolute atomic E-state index is 0.0924. The Labute approximate surface area is 653 Å². The molecule has 7 aliphatic heterocycles. The number of carbonyl (C=O) groups is 5. The number of fused-ring (bicyclic) bond motifs is 4. The second-order valence-corrected chi connectivity index (χ2v) is 31.4. The van der Waals surface area contributed by atoms with Crippen LogP contribution < -0.4 is 41.3 Å². The van der Waals surface area contributed by atoms with Crippen LogP contribution in [-0.2, 0) is 80.3 Å². The number of ether oxygens (including phenoxy) is 6. The highest BCUT2D eigenvalue weighted by Crippen LogP contribution is 2.36. The number of benzene rings is 2. The maximum absolute atomic E-state index is 12.8. The monoisotopic (exact) mass is 1560 g/mol. The quantitative estimate of drug-likeness (QED) is 0.0510. The first kappa shape index (κ1) is 82.7. The van der Waals surface area contributed by atoms with Gasteiger partial charge in [-0.25, -0.2) is 63.8 Å². The van der Waals surface area contributed by atoms with Crippen molar-refractivity contribution >= 4 is 94.0 Å². The van der Waals surface area contributed by atoms with Crippen LogP contribution in [0.15, 0.2) is 48.5 Å². The zero-order valence-electron chi connectivity index (χ0n) is 65.0. The van der Waals surface area contributed by atoms with Gasteiger partial charge in [-0.1, -0.05) is 11.6 Å². The molecule has 590 valence electrons. The standard InChI is InChI=1S/C26H36N6O4.C21H28N6O2.C17H25ClN4O3.C12H15Cl2N3O2/c1-6-27-24(33)28-19-9-7-18(8-10-19)22-29-21-15-31(25(34)36-26(3,4)5)12-11-20(21)23(30-22)32-13-14-35-16-17(32)2;1-3-23-21(28)24-16-6-4-15(5-7-16)19-25-18-12-22-9-8-17(18)20(26-19)27-10-11-29-13-14(27)2;1-11-10-24-8-7-22(11)14-12-5-6-21(16(23)25-17(2,3)4)9-13(12)19-15(18)20-14;1-12(2,3)19-11(18)17-5-4-7-8(6-17)15-10(14)16-9(7)13/h7-10,17H,6,11-16H2,1-5H3,(H2,27,28,33);4-7,14,22H,3,8-13H2,1-2H3,(H2,23,24,28);11H,5-10H2,1-4H3;4-6H2,1-3H3/t17-;14-;11-;/m000./s1. The third-order valence-corrected chi connectivity index (χ3v) is 19.0. The molecule has 0 bridgehead atoms. The molecule has 0 unspecified atom stereocenters. The molecule has 2 aromatic carbocycles. The highest BCUT2D eigenvalue weighted by molar-refractivity contribution is 6.32. The van der Waals surface area contributed by atoms with Gasteiger partial charge in [0.2, 0.25) is 10.6 Å². The summed E-state index contributed by atoms with van der Waals surface area (Å²) in [5, 5.41) is 15.1. The number of hydrogen-bond acceptors (Lipinski definition) is 23. The van der Waals surface area contributed by atoms with Gasteiger partial charge in [-0.2, -0.15) is 0 Å². The average Bonchev–Trinajstić information content (AvgIpc) is 0.785. The topological polar surface area (TPSA) is 323 Å². The highest BCUT2D eigenvalue weighted by Gasteiger charge is 2.36. The number of rotatable bonds is 9. The van der Waals surface area contributed by atoms with E-state index in [0.717, 1.165) is 114 Å². The summed E-state index contributed by atoms with van der Waals surface area (Å²) in [6.07, 6.45) is 1.86. The number of amides is 7. The molecule has 0 spiro atoms. The van der Waals surface area contributed by atoms with E-state index in [1.54, 1.807) is 14.7 Å². The predicted molar refractivity (Wildman–Crippen MR) is 419 cm³/mol. The Morgan fingerprint density at radius 1 is 0.459 bits per heavy atom. The summed E-state index contributed by atoms with van der Waals surface area (Å²) in [7, 11) is 0. The summed E-state index contributed by atoms with van der Waals surface area (Å²) in [5.74, 6) is 4.10. The molecule has 3 atom stereocenters. The lowest BCUT2D eigenvalue weighted by atomic mass is 10.0. The Bertz CT molecular complexity index is 4180. The maximum Gasteiger partial charge on any atom is 0.410 e. The van der Waals surface area contributed by atoms with Crippen molar-refractivity contribution in [2.24, 2.45) is 0 Å². The van der Waals surface area contributed by atoms with Gasteiger partial charge in [0.25, 0.3) is 0 Å². The molecule has 0 aliphatic carbocycles. The molecule has 109 heavy (non-hydrogen) atoms. The molecule has 4 aromatic heterocycles. The molecule has 33 heteroatoms. The van der Waals surface area contributed by atoms with E-state index in [1.807, 2.05) is 125 Å². The summed E-state index contributed by atoms with van der Waals surface area (Å²) in [6.45, 7) is 38.9. The van der Waals surface area contributed by atoms with Crippen LogP contribution in [-0.4, -0.2) is 218 Å². The lowest BCUT2D eigenvalue weighted by molar-refractivity contribution is 0.0210. The molecular formula is C76H104Cl3N19O11. The Morgan fingerprint density at radius 3 is 1.19 bits per heavy atom. The number of carbonyl (C=O) groups excluding carboxylic acids is 5. The molecule has 30 nitrogen and oxygen atoms in total. The van der Waals surface area contributed by atoms with Crippen LogP contribution in [0, 0.1) is 0 Å². The molecule has 7 aliphatic rings. The van der Waals surface area contributed by atoms with Crippen molar-refractivity contribution in [2.45, 2.75) is 184 Å². The molecule has 13 rings (SSSR count). The first-order chi connectivity index (χ1) is 51.8. The molecule has 3 saturated heterocycles. The second-order valence-electron chi connectivity index (χ2n) is 30.4. The van der Waals surface area contributed by atoms with Crippen LogP contribution in [0.4, 0.5) is 52.8 Å². The molecule has 6 aromatic rings. The largest absolute Gasteiger partial charge is 0.444 e. The minimum Gasteiger partial charge on any atom is -0.444 e. The molecule has 11 heterocycles. The van der Waals surface area contributed by atoms with Crippen molar-refractivity contribution in [3.8, 4) is 22.8 Å². The van der Waals surface area contributed by atoms with Crippen LogP contribution in [0.5, 0.6) is 0 Å². The number of anilines is 5. The number of aromatic nitrogens is 8. The van der Waals surface area contributed by atoms with E-state index in [9.17, 15) is 24.0 Å². The normalized spacial score (nSPS) is 18.4. The van der Waals surface area contributed by atoms with Crippen molar-refractivity contribution in [3.63, 3.8) is 0 Å². The summed E-state index contributed by atoms with van der Waals surface area (Å²) in [4.78, 5) is 109. The zero-order chi connectivity index (χ0) is 78.5. The number of hydrogen-bond donors (Lipinski definition) is 5. The fourth-order valence-electron chi connectivity index (χ4n) is 13.1. The number of halogens is 3. The second kappa shape index (κ2) is 36.8. The van der Waals surface area contributed by atoms with E-state index in [-0.39, 0.29) is 59.0 Å². The van der Waals surface area contributed by atoms with Gasteiger partial charge in [0, 0.05) is 104 Å². The Morgan fingerprint density at radius 2 is 0.807 bits per heavy atom. The first-order valence-corrected chi connectivity index (χ1v) is 38.5. The van der Waals surface area contributed by atoms with Gasteiger partial charge < -0.3 is 84.4 Å². The van der Waals surface area contributed by atoms with Crippen molar-refractivity contribution in [1.82, 2.24) is 70.5 Å². The molecule has 0 radical (unpaired) electrons. The maximum atomic E-state index is 12.8. The third-order valence-electron chi connectivity index (χ3n) is 18.3. The van der Waals surface area contributed by atoms with Crippen molar-refractivity contribution in [1.29, 1.82) is 0 Å². The number of urea groups is 2. The fourth-order valence-corrected chi connectivity index (χ4v) is 13.8. The zero-order valence-corrected chi connectivity index (χ0v) is 67.3. The fraction of sp³-hybridized carbons (Fsp3) is 0.566. The summed E-state index contributed by atoms with van der Waals surface area (Å²) in [6, 6.07) is 15.3. The van der Waals surface area contributed by atoms with Gasteiger partial charge in [-0.05, 0) is 201 Å². The van der Waals surface area contributed by atoms with Gasteiger partial charge in [0.15, 0.2) is 11.6 Å². The van der Waals surface area contributed by atoms with Gasteiger partial charge in [0.1, 0.15) is 39.4 Å². The third kappa shape index (κ3) is 22.7. The number of nitrogens with one attached hydrogen (secondary N) is 5. The average molecular weight is 1570 g/mol.